The Kier molecular flexibility index (Phi) is 5.71. The van der Waals surface area contributed by atoms with Gasteiger partial charge < -0.3 is 10.2 Å². The second-order valence-corrected chi connectivity index (χ2v) is 5.46. The molecule has 0 aliphatic rings. The molecule has 5 heteroatoms. The molecule has 2 N–H and O–H groups in total. The van der Waals surface area contributed by atoms with E-state index in [0.717, 1.165) is 27.3 Å². The molecule has 0 heterocycles. The summed E-state index contributed by atoms with van der Waals surface area (Å²) in [5, 5.41) is 19.1. The average molecular weight is 399 g/mol. The van der Waals surface area contributed by atoms with E-state index in [0.29, 0.717) is 5.56 Å². The van der Waals surface area contributed by atoms with Crippen LogP contribution in [0.3, 0.4) is 0 Å². The van der Waals surface area contributed by atoms with Gasteiger partial charge in [-0.15, -0.1) is 0 Å². The highest BCUT2D eigenvalue weighted by Gasteiger charge is 2.16. The Bertz CT molecular complexity index is 381. The van der Waals surface area contributed by atoms with Gasteiger partial charge in [0.1, 0.15) is 0 Å². The zero-order chi connectivity index (χ0) is 12.1. The fourth-order valence-electron chi connectivity index (χ4n) is 1.39. The van der Waals surface area contributed by atoms with Gasteiger partial charge in [-0.1, -0.05) is 22.0 Å². The van der Waals surface area contributed by atoms with Gasteiger partial charge in [-0.2, -0.15) is 0 Å². The Morgan fingerprint density at radius 3 is 2.69 bits per heavy atom. The van der Waals surface area contributed by atoms with Crippen molar-refractivity contribution < 1.29 is 15.0 Å². The summed E-state index contributed by atoms with van der Waals surface area (Å²) in [6.45, 7) is 0. The molecule has 16 heavy (non-hydrogen) atoms. The summed E-state index contributed by atoms with van der Waals surface area (Å²) in [5.41, 5.74) is 1.51. The molecule has 0 saturated heterocycles. The molecule has 0 aliphatic heterocycles. The van der Waals surface area contributed by atoms with E-state index in [1.165, 1.54) is 0 Å². The number of carboxylic acid groups (broad SMARTS) is 1. The molecule has 0 fully saturated rings. The summed E-state index contributed by atoms with van der Waals surface area (Å²) in [6, 6.07) is 5.45. The van der Waals surface area contributed by atoms with Gasteiger partial charge in [0, 0.05) is 8.90 Å². The zero-order valence-electron chi connectivity index (χ0n) is 8.49. The van der Waals surface area contributed by atoms with Crippen molar-refractivity contribution in [2.45, 2.75) is 18.9 Å². The van der Waals surface area contributed by atoms with Crippen LogP contribution in [-0.4, -0.2) is 21.5 Å². The van der Waals surface area contributed by atoms with Gasteiger partial charge in [0.2, 0.25) is 0 Å². The van der Waals surface area contributed by atoms with Gasteiger partial charge in [0.25, 0.3) is 0 Å². The number of hydrogen-bond donors (Lipinski definition) is 2. The van der Waals surface area contributed by atoms with Gasteiger partial charge in [0.15, 0.2) is 6.10 Å². The number of halogens is 2. The molecule has 0 saturated carbocycles. The van der Waals surface area contributed by atoms with Crippen molar-refractivity contribution in [3.8, 4) is 0 Å². The van der Waals surface area contributed by atoms with Crippen molar-refractivity contribution in [3.63, 3.8) is 0 Å². The number of rotatable bonds is 5. The number of carboxylic acids is 1. The van der Waals surface area contributed by atoms with Crippen molar-refractivity contribution in [1.29, 1.82) is 0 Å². The van der Waals surface area contributed by atoms with Crippen LogP contribution in [0.2, 0.25) is 0 Å². The molecular weight excluding hydrogens is 387 g/mol. The lowest BCUT2D eigenvalue weighted by atomic mass is 10.0. The maximum atomic E-state index is 10.7. The number of carbonyl (C=O) groups is 1. The van der Waals surface area contributed by atoms with E-state index in [1.807, 2.05) is 6.07 Å². The van der Waals surface area contributed by atoms with Gasteiger partial charge in [-0.25, -0.2) is 4.79 Å². The molecule has 0 bridgehead atoms. The fourth-order valence-corrected chi connectivity index (χ4v) is 2.43. The molecule has 1 aromatic carbocycles. The average Bonchev–Trinajstić information content (AvgIpc) is 2.24. The Balaban J connectivity index is 2.93. The largest absolute Gasteiger partial charge is 0.479 e. The minimum Gasteiger partial charge on any atom is -0.479 e. The molecule has 1 unspecified atom stereocenters. The van der Waals surface area contributed by atoms with Crippen LogP contribution in [0.15, 0.2) is 18.2 Å². The Morgan fingerprint density at radius 1 is 1.44 bits per heavy atom. The van der Waals surface area contributed by atoms with Crippen molar-refractivity contribution in [1.82, 2.24) is 0 Å². The molecule has 0 amide bonds. The van der Waals surface area contributed by atoms with Crippen LogP contribution in [0.4, 0.5) is 0 Å². The number of hydrogen-bond acceptors (Lipinski definition) is 2. The molecule has 1 aromatic rings. The third kappa shape index (κ3) is 4.03. The van der Waals surface area contributed by atoms with Crippen LogP contribution >= 0.6 is 38.5 Å². The lowest BCUT2D eigenvalue weighted by molar-refractivity contribution is -0.146. The van der Waals surface area contributed by atoms with Gasteiger partial charge in [0.05, 0.1) is 0 Å². The predicted molar refractivity (Wildman–Crippen MR) is 73.9 cm³/mol. The van der Waals surface area contributed by atoms with E-state index < -0.39 is 12.1 Å². The zero-order valence-corrected chi connectivity index (χ0v) is 12.2. The molecule has 0 aliphatic carbocycles. The van der Waals surface area contributed by atoms with Crippen LogP contribution in [0.25, 0.3) is 0 Å². The molecule has 0 radical (unpaired) electrons. The van der Waals surface area contributed by atoms with Crippen LogP contribution in [0, 0.1) is 3.57 Å². The lowest BCUT2D eigenvalue weighted by Crippen LogP contribution is -2.11. The van der Waals surface area contributed by atoms with Crippen LogP contribution in [0.1, 0.15) is 23.7 Å². The van der Waals surface area contributed by atoms with Crippen LogP contribution in [0.5, 0.6) is 0 Å². The minimum atomic E-state index is -1.43. The predicted octanol–water partition coefficient (Wildman–Crippen LogP) is 2.74. The summed E-state index contributed by atoms with van der Waals surface area (Å²) in [5.74, 6) is -1.21. The van der Waals surface area contributed by atoms with Crippen LogP contribution in [-0.2, 0) is 11.2 Å². The monoisotopic (exact) mass is 398 g/mol. The third-order valence-electron chi connectivity index (χ3n) is 2.13. The number of alkyl halides is 1. The smallest absolute Gasteiger partial charge is 0.337 e. The highest BCUT2D eigenvalue weighted by Crippen LogP contribution is 2.20. The van der Waals surface area contributed by atoms with Gasteiger partial charge in [-0.3, -0.25) is 0 Å². The number of benzene rings is 1. The first kappa shape index (κ1) is 13.9. The van der Waals surface area contributed by atoms with Crippen molar-refractivity contribution in [2.75, 3.05) is 5.33 Å². The Hall–Kier alpha value is -0.140. The number of aliphatic hydroxyl groups is 1. The standard InChI is InChI=1S/C11H12BrIO3/c12-3-1-2-7-4-8(6-9(13)5-7)10(14)11(15)16/h4-6,10,14H,1-3H2,(H,15,16). The van der Waals surface area contributed by atoms with E-state index in [1.54, 1.807) is 12.1 Å². The van der Waals surface area contributed by atoms with E-state index >= 15 is 0 Å². The van der Waals surface area contributed by atoms with E-state index in [4.69, 9.17) is 5.11 Å². The number of aliphatic carboxylic acids is 1. The first-order valence-electron chi connectivity index (χ1n) is 4.81. The first-order valence-corrected chi connectivity index (χ1v) is 7.01. The fraction of sp³-hybridized carbons (Fsp3) is 0.364. The number of aryl methyl sites for hydroxylation is 1. The molecular formula is C11H12BrIO3. The highest BCUT2D eigenvalue weighted by atomic mass is 127. The maximum absolute atomic E-state index is 10.7. The topological polar surface area (TPSA) is 57.5 Å². The second kappa shape index (κ2) is 6.56. The van der Waals surface area contributed by atoms with Crippen molar-refractivity contribution in [2.24, 2.45) is 0 Å². The molecule has 1 rings (SSSR count). The summed E-state index contributed by atoms with van der Waals surface area (Å²) in [6.07, 6.45) is 0.432. The quantitative estimate of drug-likeness (QED) is 0.592. The van der Waals surface area contributed by atoms with E-state index in [9.17, 15) is 9.90 Å². The molecule has 0 aromatic heterocycles. The molecule has 0 spiro atoms. The summed E-state index contributed by atoms with van der Waals surface area (Å²) in [4.78, 5) is 10.7. The normalized spacial score (nSPS) is 12.4. The highest BCUT2D eigenvalue weighted by molar-refractivity contribution is 14.1. The Labute approximate surface area is 116 Å². The molecule has 3 nitrogen and oxygen atoms in total. The summed E-state index contributed by atoms with van der Waals surface area (Å²) in [7, 11) is 0. The Morgan fingerprint density at radius 2 is 2.12 bits per heavy atom. The second-order valence-electron chi connectivity index (χ2n) is 3.43. The van der Waals surface area contributed by atoms with E-state index in [-0.39, 0.29) is 0 Å². The minimum absolute atomic E-state index is 0.448. The summed E-state index contributed by atoms with van der Waals surface area (Å²) < 4.78 is 0.944. The SMILES string of the molecule is O=C(O)C(O)c1cc(I)cc(CCCBr)c1. The molecule has 1 atom stereocenters. The summed E-state index contributed by atoms with van der Waals surface area (Å²) >= 11 is 5.47. The molecule has 88 valence electrons. The first-order chi connectivity index (χ1) is 7.54. The number of aliphatic hydroxyl groups excluding tert-OH is 1. The maximum Gasteiger partial charge on any atom is 0.337 e. The van der Waals surface area contributed by atoms with Crippen LogP contribution < -0.4 is 0 Å². The lowest BCUT2D eigenvalue weighted by Gasteiger charge is -2.09. The van der Waals surface area contributed by atoms with Crippen molar-refractivity contribution >= 4 is 44.5 Å². The van der Waals surface area contributed by atoms with E-state index in [2.05, 4.69) is 38.5 Å². The third-order valence-corrected chi connectivity index (χ3v) is 3.31. The van der Waals surface area contributed by atoms with Gasteiger partial charge in [-0.05, 0) is 58.7 Å². The van der Waals surface area contributed by atoms with Gasteiger partial charge >= 0.3 is 5.97 Å². The van der Waals surface area contributed by atoms with Crippen molar-refractivity contribution in [3.05, 3.63) is 32.9 Å².